The number of rotatable bonds is 7. The molecule has 0 amide bonds. The molecule has 0 fully saturated rings. The first-order chi connectivity index (χ1) is 11.4. The molecule has 0 aliphatic heterocycles. The number of benzene rings is 2. The minimum absolute atomic E-state index is 0.0264. The van der Waals surface area contributed by atoms with Crippen LogP contribution in [0.15, 0.2) is 47.4 Å². The van der Waals surface area contributed by atoms with Crippen LogP contribution in [0.25, 0.3) is 0 Å². The first-order valence-electron chi connectivity index (χ1n) is 7.05. The third-order valence-corrected chi connectivity index (χ3v) is 5.23. The predicted molar refractivity (Wildman–Crippen MR) is 88.4 cm³/mol. The number of ether oxygens (including phenoxy) is 2. The summed E-state index contributed by atoms with van der Waals surface area (Å²) < 4.78 is 35.1. The number of aryl methyl sites for hydroxylation is 1. The fraction of sp³-hybridized carbons (Fsp3) is 0.250. The molecule has 0 saturated carbocycles. The van der Waals surface area contributed by atoms with E-state index in [-0.39, 0.29) is 22.8 Å². The van der Waals surface area contributed by atoms with Crippen molar-refractivity contribution in [2.24, 2.45) is 0 Å². The Balaban J connectivity index is 2.15. The summed E-state index contributed by atoms with van der Waals surface area (Å²) in [7, 11) is -0.603. The lowest BCUT2D eigenvalue weighted by molar-refractivity contribution is -0.384. The van der Waals surface area contributed by atoms with Gasteiger partial charge >= 0.3 is 0 Å². The van der Waals surface area contributed by atoms with E-state index in [1.165, 1.54) is 44.6 Å². The van der Waals surface area contributed by atoms with Crippen molar-refractivity contribution in [3.8, 4) is 11.5 Å². The number of nitrogens with zero attached hydrogens (tertiary/aromatic N) is 1. The Labute approximate surface area is 139 Å². The zero-order valence-corrected chi connectivity index (χ0v) is 14.1. The lowest BCUT2D eigenvalue weighted by Crippen LogP contribution is -2.09. The molecule has 2 aromatic rings. The topological polar surface area (TPSA) is 95.7 Å². The van der Waals surface area contributed by atoms with E-state index in [9.17, 15) is 18.5 Å². The highest BCUT2D eigenvalue weighted by molar-refractivity contribution is 7.91. The van der Waals surface area contributed by atoms with Crippen LogP contribution in [0.1, 0.15) is 5.56 Å². The third kappa shape index (κ3) is 4.02. The molecular formula is C16H17NO6S. The maximum absolute atomic E-state index is 12.4. The van der Waals surface area contributed by atoms with Crippen LogP contribution < -0.4 is 9.47 Å². The van der Waals surface area contributed by atoms with Crippen LogP contribution in [0, 0.1) is 10.1 Å². The molecule has 0 unspecified atom stereocenters. The summed E-state index contributed by atoms with van der Waals surface area (Å²) in [6.45, 7) is 0. The van der Waals surface area contributed by atoms with Gasteiger partial charge in [-0.2, -0.15) is 0 Å². The van der Waals surface area contributed by atoms with Gasteiger partial charge in [0, 0.05) is 18.2 Å². The van der Waals surface area contributed by atoms with E-state index in [0.717, 1.165) is 0 Å². The van der Waals surface area contributed by atoms with Gasteiger partial charge < -0.3 is 9.47 Å². The molecule has 0 aliphatic rings. The largest absolute Gasteiger partial charge is 0.493 e. The van der Waals surface area contributed by atoms with Crippen LogP contribution in [0.2, 0.25) is 0 Å². The average molecular weight is 351 g/mol. The molecule has 128 valence electrons. The molecule has 0 saturated heterocycles. The highest BCUT2D eigenvalue weighted by Gasteiger charge is 2.17. The lowest BCUT2D eigenvalue weighted by Gasteiger charge is -2.10. The molecular weight excluding hydrogens is 334 g/mol. The number of hydrogen-bond donors (Lipinski definition) is 0. The number of methoxy groups -OCH3 is 2. The van der Waals surface area contributed by atoms with Gasteiger partial charge in [0.05, 0.1) is 29.8 Å². The molecule has 0 aliphatic carbocycles. The minimum atomic E-state index is -3.51. The summed E-state index contributed by atoms with van der Waals surface area (Å²) in [5.74, 6) is 0.682. The van der Waals surface area contributed by atoms with Crippen LogP contribution in [0.3, 0.4) is 0 Å². The van der Waals surface area contributed by atoms with E-state index in [1.807, 2.05) is 0 Å². The van der Waals surface area contributed by atoms with Gasteiger partial charge in [0.2, 0.25) is 0 Å². The normalized spacial score (nSPS) is 11.1. The number of nitro groups is 1. The van der Waals surface area contributed by atoms with Crippen LogP contribution in [0.5, 0.6) is 11.5 Å². The van der Waals surface area contributed by atoms with Crippen molar-refractivity contribution >= 4 is 15.5 Å². The second kappa shape index (κ2) is 7.31. The maximum atomic E-state index is 12.4. The minimum Gasteiger partial charge on any atom is -0.493 e. The fourth-order valence-electron chi connectivity index (χ4n) is 2.16. The SMILES string of the molecule is COc1ccc(S(=O)(=O)CCc2ccc([N+](=O)[O-])cc2)cc1OC. The lowest BCUT2D eigenvalue weighted by atomic mass is 10.1. The number of non-ortho nitro benzene ring substituents is 1. The highest BCUT2D eigenvalue weighted by Crippen LogP contribution is 2.30. The Morgan fingerprint density at radius 3 is 2.17 bits per heavy atom. The van der Waals surface area contributed by atoms with Crippen LogP contribution >= 0.6 is 0 Å². The van der Waals surface area contributed by atoms with Crippen molar-refractivity contribution in [3.05, 3.63) is 58.1 Å². The van der Waals surface area contributed by atoms with Crippen LogP contribution in [-0.2, 0) is 16.3 Å². The molecule has 2 aromatic carbocycles. The number of sulfone groups is 1. The van der Waals surface area contributed by atoms with E-state index < -0.39 is 14.8 Å². The van der Waals surface area contributed by atoms with Crippen molar-refractivity contribution < 1.29 is 22.8 Å². The van der Waals surface area contributed by atoms with Crippen molar-refractivity contribution in [1.29, 1.82) is 0 Å². The van der Waals surface area contributed by atoms with E-state index in [4.69, 9.17) is 9.47 Å². The van der Waals surface area contributed by atoms with E-state index in [2.05, 4.69) is 0 Å². The van der Waals surface area contributed by atoms with Gasteiger partial charge in [-0.3, -0.25) is 10.1 Å². The molecule has 0 N–H and O–H groups in total. The van der Waals surface area contributed by atoms with Gasteiger partial charge in [-0.1, -0.05) is 12.1 Å². The molecule has 0 bridgehead atoms. The van der Waals surface area contributed by atoms with Crippen molar-refractivity contribution in [3.63, 3.8) is 0 Å². The Morgan fingerprint density at radius 2 is 1.62 bits per heavy atom. The predicted octanol–water partition coefficient (Wildman–Crippen LogP) is 2.63. The van der Waals surface area contributed by atoms with Crippen molar-refractivity contribution in [2.45, 2.75) is 11.3 Å². The summed E-state index contributed by atoms with van der Waals surface area (Å²) in [6, 6.07) is 10.3. The van der Waals surface area contributed by atoms with Crippen LogP contribution in [0.4, 0.5) is 5.69 Å². The first kappa shape index (κ1) is 17.7. The monoisotopic (exact) mass is 351 g/mol. The molecule has 0 heterocycles. The first-order valence-corrected chi connectivity index (χ1v) is 8.70. The Morgan fingerprint density at radius 1 is 1.00 bits per heavy atom. The second-order valence-electron chi connectivity index (χ2n) is 5.01. The summed E-state index contributed by atoms with van der Waals surface area (Å²) in [5.41, 5.74) is 0.686. The smallest absolute Gasteiger partial charge is 0.269 e. The summed E-state index contributed by atoms with van der Waals surface area (Å²) in [5, 5.41) is 10.6. The van der Waals surface area contributed by atoms with E-state index in [1.54, 1.807) is 12.1 Å². The molecule has 7 nitrogen and oxygen atoms in total. The Hall–Kier alpha value is -2.61. The van der Waals surface area contributed by atoms with Gasteiger partial charge in [-0.05, 0) is 24.1 Å². The summed E-state index contributed by atoms with van der Waals surface area (Å²) in [6.07, 6.45) is 0.259. The van der Waals surface area contributed by atoms with Crippen LogP contribution in [-0.4, -0.2) is 33.3 Å². The van der Waals surface area contributed by atoms with Crippen molar-refractivity contribution in [1.82, 2.24) is 0 Å². The molecule has 2 rings (SSSR count). The van der Waals surface area contributed by atoms with Gasteiger partial charge in [0.25, 0.3) is 5.69 Å². The van der Waals surface area contributed by atoms with E-state index >= 15 is 0 Å². The zero-order valence-electron chi connectivity index (χ0n) is 13.3. The summed E-state index contributed by atoms with van der Waals surface area (Å²) >= 11 is 0. The van der Waals surface area contributed by atoms with Gasteiger partial charge in [-0.25, -0.2) is 8.42 Å². The Bertz CT molecular complexity index is 830. The highest BCUT2D eigenvalue weighted by atomic mass is 32.2. The number of hydrogen-bond acceptors (Lipinski definition) is 6. The maximum Gasteiger partial charge on any atom is 0.269 e. The second-order valence-corrected chi connectivity index (χ2v) is 7.12. The van der Waals surface area contributed by atoms with Gasteiger partial charge in [-0.15, -0.1) is 0 Å². The third-order valence-electron chi connectivity index (χ3n) is 3.52. The summed E-state index contributed by atoms with van der Waals surface area (Å²) in [4.78, 5) is 10.3. The van der Waals surface area contributed by atoms with E-state index in [0.29, 0.717) is 17.1 Å². The number of nitro benzene ring substituents is 1. The standard InChI is InChI=1S/C16H17NO6S/c1-22-15-8-7-14(11-16(15)23-2)24(20,21)10-9-12-3-5-13(6-4-12)17(18)19/h3-8,11H,9-10H2,1-2H3. The fourth-order valence-corrected chi connectivity index (χ4v) is 3.47. The molecule has 0 aromatic heterocycles. The van der Waals surface area contributed by atoms with Gasteiger partial charge in [0.1, 0.15) is 0 Å². The van der Waals surface area contributed by atoms with Gasteiger partial charge in [0.15, 0.2) is 21.3 Å². The zero-order chi connectivity index (χ0) is 17.7. The average Bonchev–Trinajstić information content (AvgIpc) is 2.59. The molecule has 0 atom stereocenters. The molecule has 8 heteroatoms. The van der Waals surface area contributed by atoms with Crippen molar-refractivity contribution in [2.75, 3.05) is 20.0 Å². The molecule has 0 spiro atoms. The molecule has 24 heavy (non-hydrogen) atoms. The molecule has 0 radical (unpaired) electrons. The Kier molecular flexibility index (Phi) is 5.40. The quantitative estimate of drug-likeness (QED) is 0.562.